The van der Waals surface area contributed by atoms with Gasteiger partial charge in [0.25, 0.3) is 5.91 Å². The van der Waals surface area contributed by atoms with Gasteiger partial charge in [-0.25, -0.2) is 9.11 Å². The summed E-state index contributed by atoms with van der Waals surface area (Å²) in [5.41, 5.74) is 0.719. The number of carbonyl (C=O) groups excluding carboxylic acids is 1. The molecule has 7 nitrogen and oxygen atoms in total. The third-order valence-electron chi connectivity index (χ3n) is 7.89. The number of methoxy groups -OCH3 is 1. The first kappa shape index (κ1) is 23.1. The van der Waals surface area contributed by atoms with Crippen LogP contribution in [-0.4, -0.2) is 41.2 Å². The van der Waals surface area contributed by atoms with E-state index in [-0.39, 0.29) is 30.0 Å². The molecule has 0 atom stereocenters. The molecule has 5 aliphatic carbocycles. The summed E-state index contributed by atoms with van der Waals surface area (Å²) in [6.07, 6.45) is 9.59. The fourth-order valence-corrected chi connectivity index (χ4v) is 7.55. The van der Waals surface area contributed by atoms with Crippen LogP contribution in [-0.2, 0) is 14.9 Å². The van der Waals surface area contributed by atoms with Crippen LogP contribution in [0.15, 0.2) is 12.1 Å². The molecule has 1 aromatic carbocycles. The molecule has 2 N–H and O–H groups in total. The van der Waals surface area contributed by atoms with Crippen LogP contribution in [0.2, 0.25) is 0 Å². The van der Waals surface area contributed by atoms with Crippen molar-refractivity contribution < 1.29 is 27.1 Å². The lowest BCUT2D eigenvalue weighted by Gasteiger charge is -2.56. The maximum absolute atomic E-state index is 15.0. The number of carbonyl (C=O) groups is 1. The Labute approximate surface area is 195 Å². The maximum Gasteiger partial charge on any atom is 0.301 e. The van der Waals surface area contributed by atoms with E-state index < -0.39 is 21.9 Å². The Morgan fingerprint density at radius 1 is 1.12 bits per heavy atom. The highest BCUT2D eigenvalue weighted by Crippen LogP contribution is 2.60. The molecular weight excluding hydrogens is 447 g/mol. The zero-order valence-electron chi connectivity index (χ0n) is 19.1. The van der Waals surface area contributed by atoms with Gasteiger partial charge in [-0.3, -0.25) is 4.79 Å². The van der Waals surface area contributed by atoms with Gasteiger partial charge in [0.05, 0.1) is 18.8 Å². The van der Waals surface area contributed by atoms with Gasteiger partial charge in [0.2, 0.25) is 0 Å². The molecule has 1 aromatic rings. The number of hydrogen-bond acceptors (Lipinski definition) is 5. The van der Waals surface area contributed by atoms with Gasteiger partial charge in [-0.1, -0.05) is 0 Å². The molecule has 0 heterocycles. The van der Waals surface area contributed by atoms with Crippen molar-refractivity contribution in [2.75, 3.05) is 26.9 Å². The van der Waals surface area contributed by atoms with E-state index in [1.165, 1.54) is 57.8 Å². The molecule has 0 aromatic heterocycles. The second kappa shape index (κ2) is 8.82. The molecule has 0 spiro atoms. The molecule has 9 heteroatoms. The zero-order valence-corrected chi connectivity index (χ0v) is 19.9. The van der Waals surface area contributed by atoms with Gasteiger partial charge in [-0.05, 0) is 86.7 Å². The van der Waals surface area contributed by atoms with E-state index in [1.54, 1.807) is 0 Å². The third-order valence-corrected chi connectivity index (χ3v) is 8.92. The molecule has 0 unspecified atom stereocenters. The topological polar surface area (TPSA) is 93.7 Å². The van der Waals surface area contributed by atoms with Gasteiger partial charge in [0.15, 0.2) is 0 Å². The highest BCUT2D eigenvalue weighted by atomic mass is 32.2. The number of rotatable bonds is 10. The molecule has 5 aliphatic rings. The van der Waals surface area contributed by atoms with Crippen molar-refractivity contribution in [1.82, 2.24) is 9.44 Å². The molecule has 33 heavy (non-hydrogen) atoms. The molecule has 6 rings (SSSR count). The lowest BCUT2D eigenvalue weighted by Crippen LogP contribution is -2.48. The zero-order chi connectivity index (χ0) is 23.2. The van der Waals surface area contributed by atoms with Crippen molar-refractivity contribution in [1.29, 1.82) is 0 Å². The number of hydrogen-bond donors (Lipinski definition) is 2. The minimum atomic E-state index is -4.11. The maximum atomic E-state index is 15.0. The van der Waals surface area contributed by atoms with Crippen LogP contribution in [0.3, 0.4) is 0 Å². The summed E-state index contributed by atoms with van der Waals surface area (Å²) in [5.74, 6) is 1.39. The Bertz CT molecular complexity index is 989. The fraction of sp³-hybridized carbons (Fsp3) is 0.708. The van der Waals surface area contributed by atoms with E-state index in [9.17, 15) is 17.6 Å². The largest absolute Gasteiger partial charge is 0.493 e. The molecule has 0 saturated heterocycles. The molecular formula is C24H33FN2O5S. The summed E-state index contributed by atoms with van der Waals surface area (Å²) >= 11 is 0. The first-order valence-electron chi connectivity index (χ1n) is 12.0. The van der Waals surface area contributed by atoms with E-state index in [0.717, 1.165) is 36.2 Å². The normalized spacial score (nSPS) is 30.4. The standard InChI is InChI=1S/C24H33FN2O5S/c1-31-5-4-26-33(29,30)27-23(28)20-9-19(18-2-3-18)22(10-21(20)25)32-14-24-11-15-6-16(12-24)8-17(7-15)13-24/h9-10,15-18,26H,2-8,11-14H2,1H3,(H,27,28). The van der Waals surface area contributed by atoms with Crippen LogP contribution in [0.25, 0.3) is 0 Å². The smallest absolute Gasteiger partial charge is 0.301 e. The van der Waals surface area contributed by atoms with E-state index in [2.05, 4.69) is 4.72 Å². The van der Waals surface area contributed by atoms with Gasteiger partial charge < -0.3 is 9.47 Å². The Balaban J connectivity index is 1.30. The summed E-state index contributed by atoms with van der Waals surface area (Å²) in [6, 6.07) is 2.75. The molecule has 5 saturated carbocycles. The van der Waals surface area contributed by atoms with Gasteiger partial charge >= 0.3 is 10.2 Å². The van der Waals surface area contributed by atoms with Crippen LogP contribution < -0.4 is 14.2 Å². The van der Waals surface area contributed by atoms with Crippen molar-refractivity contribution in [3.63, 3.8) is 0 Å². The number of ether oxygens (including phenoxy) is 2. The SMILES string of the molecule is COCCNS(=O)(=O)NC(=O)c1cc(C2CC2)c(OCC23CC4CC(CC(C4)C2)C3)cc1F. The van der Waals surface area contributed by atoms with E-state index in [4.69, 9.17) is 9.47 Å². The van der Waals surface area contributed by atoms with Gasteiger partial charge in [-0.2, -0.15) is 13.1 Å². The summed E-state index contributed by atoms with van der Waals surface area (Å²) in [4.78, 5) is 12.6. The molecule has 0 radical (unpaired) electrons. The van der Waals surface area contributed by atoms with Crippen molar-refractivity contribution in [3.8, 4) is 5.75 Å². The van der Waals surface area contributed by atoms with Crippen LogP contribution in [0, 0.1) is 29.0 Å². The van der Waals surface area contributed by atoms with Crippen molar-refractivity contribution in [3.05, 3.63) is 29.1 Å². The van der Waals surface area contributed by atoms with Gasteiger partial charge in [-0.15, -0.1) is 0 Å². The molecule has 5 fully saturated rings. The second-order valence-corrected chi connectivity index (χ2v) is 12.2. The molecule has 182 valence electrons. The average Bonchev–Trinajstić information content (AvgIpc) is 3.56. The lowest BCUT2D eigenvalue weighted by molar-refractivity contribution is -0.0747. The molecule has 4 bridgehead atoms. The number of amides is 1. The van der Waals surface area contributed by atoms with Gasteiger partial charge in [0, 0.05) is 25.1 Å². The van der Waals surface area contributed by atoms with E-state index in [0.29, 0.717) is 12.4 Å². The lowest BCUT2D eigenvalue weighted by atomic mass is 9.50. The summed E-state index contributed by atoms with van der Waals surface area (Å²) in [6.45, 7) is 0.760. The summed E-state index contributed by atoms with van der Waals surface area (Å²) < 4.78 is 54.2. The van der Waals surface area contributed by atoms with E-state index in [1.807, 2.05) is 4.72 Å². The second-order valence-electron chi connectivity index (χ2n) is 10.7. The van der Waals surface area contributed by atoms with Crippen molar-refractivity contribution in [2.45, 2.75) is 57.3 Å². The van der Waals surface area contributed by atoms with Crippen LogP contribution >= 0.6 is 0 Å². The summed E-state index contributed by atoms with van der Waals surface area (Å²) in [5, 5.41) is 0. The van der Waals surface area contributed by atoms with Crippen molar-refractivity contribution in [2.24, 2.45) is 23.2 Å². The summed E-state index contributed by atoms with van der Waals surface area (Å²) in [7, 11) is -2.67. The van der Waals surface area contributed by atoms with Crippen molar-refractivity contribution >= 4 is 16.1 Å². The first-order chi connectivity index (χ1) is 15.8. The average molecular weight is 481 g/mol. The number of benzene rings is 1. The van der Waals surface area contributed by atoms with Crippen LogP contribution in [0.1, 0.15) is 73.2 Å². The Morgan fingerprint density at radius 2 is 1.76 bits per heavy atom. The van der Waals surface area contributed by atoms with Crippen LogP contribution in [0.4, 0.5) is 4.39 Å². The predicted octanol–water partition coefficient (Wildman–Crippen LogP) is 3.51. The quantitative estimate of drug-likeness (QED) is 0.500. The Morgan fingerprint density at radius 3 is 2.33 bits per heavy atom. The fourth-order valence-electron chi connectivity index (χ4n) is 6.77. The third kappa shape index (κ3) is 5.05. The van der Waals surface area contributed by atoms with Crippen LogP contribution in [0.5, 0.6) is 5.75 Å². The first-order valence-corrected chi connectivity index (χ1v) is 13.5. The minimum absolute atomic E-state index is 0.00597. The Kier molecular flexibility index (Phi) is 6.16. The number of halogens is 1. The predicted molar refractivity (Wildman–Crippen MR) is 121 cm³/mol. The molecule has 1 amide bonds. The molecule has 0 aliphatic heterocycles. The highest BCUT2D eigenvalue weighted by Gasteiger charge is 2.51. The van der Waals surface area contributed by atoms with Gasteiger partial charge in [0.1, 0.15) is 11.6 Å². The minimum Gasteiger partial charge on any atom is -0.493 e. The highest BCUT2D eigenvalue weighted by molar-refractivity contribution is 7.88. The Hall–Kier alpha value is -1.71. The number of nitrogens with one attached hydrogen (secondary N) is 2. The monoisotopic (exact) mass is 480 g/mol. The van der Waals surface area contributed by atoms with E-state index >= 15 is 0 Å².